The van der Waals surface area contributed by atoms with Crippen molar-refractivity contribution in [2.45, 2.75) is 31.9 Å². The van der Waals surface area contributed by atoms with E-state index in [1.165, 1.54) is 18.2 Å². The van der Waals surface area contributed by atoms with Gasteiger partial charge in [0.25, 0.3) is 11.8 Å². The van der Waals surface area contributed by atoms with E-state index >= 15 is 0 Å². The fourth-order valence-corrected chi connectivity index (χ4v) is 2.54. The van der Waals surface area contributed by atoms with Gasteiger partial charge < -0.3 is 19.9 Å². The molecule has 1 atom stereocenters. The number of nitrogens with zero attached hydrogens (tertiary/aromatic N) is 2. The number of carbonyl (C=O) groups is 2. The Morgan fingerprint density at radius 1 is 1.27 bits per heavy atom. The molecule has 0 unspecified atom stereocenters. The molecule has 0 saturated carbocycles. The summed E-state index contributed by atoms with van der Waals surface area (Å²) in [6, 6.07) is 5.66. The number of benzene rings is 1. The van der Waals surface area contributed by atoms with Gasteiger partial charge in [-0.15, -0.1) is 0 Å². The third-order valence-electron chi connectivity index (χ3n) is 3.89. The molecule has 1 saturated heterocycles. The zero-order chi connectivity index (χ0) is 18.4. The predicted octanol–water partition coefficient (Wildman–Crippen LogP) is 1.50. The molecule has 3 rings (SSSR count). The van der Waals surface area contributed by atoms with Crippen molar-refractivity contribution in [3.8, 4) is 0 Å². The number of nitrogens with one attached hydrogen (secondary N) is 2. The molecule has 0 spiro atoms. The van der Waals surface area contributed by atoms with E-state index in [0.29, 0.717) is 18.3 Å². The van der Waals surface area contributed by atoms with Crippen molar-refractivity contribution >= 4 is 11.8 Å². The second-order valence-corrected chi connectivity index (χ2v) is 5.81. The number of rotatable bonds is 7. The van der Waals surface area contributed by atoms with E-state index in [2.05, 4.69) is 20.8 Å². The molecule has 9 heteroatoms. The Morgan fingerprint density at radius 2 is 2.12 bits per heavy atom. The van der Waals surface area contributed by atoms with Crippen LogP contribution in [-0.4, -0.2) is 35.1 Å². The molecule has 1 fully saturated rings. The Kier molecular flexibility index (Phi) is 5.90. The maximum atomic E-state index is 13.5. The van der Waals surface area contributed by atoms with Gasteiger partial charge in [-0.25, -0.2) is 4.39 Å². The highest BCUT2D eigenvalue weighted by molar-refractivity contribution is 5.94. The van der Waals surface area contributed by atoms with Crippen LogP contribution in [0, 0.1) is 5.82 Å². The minimum atomic E-state index is -0.603. The van der Waals surface area contributed by atoms with Gasteiger partial charge in [0.2, 0.25) is 5.91 Å². The molecule has 1 aromatic carbocycles. The predicted molar refractivity (Wildman–Crippen MR) is 87.4 cm³/mol. The zero-order valence-electron chi connectivity index (χ0n) is 14.0. The monoisotopic (exact) mass is 362 g/mol. The SMILES string of the molecule is O=C(CCNC(=O)c1ccccc1F)NCc1noc([C@H]2CCCO2)n1. The average Bonchev–Trinajstić information content (AvgIpc) is 3.31. The zero-order valence-corrected chi connectivity index (χ0v) is 14.0. The normalized spacial score (nSPS) is 16.4. The molecule has 2 aromatic rings. The van der Waals surface area contributed by atoms with Crippen LogP contribution in [0.2, 0.25) is 0 Å². The Morgan fingerprint density at radius 3 is 2.88 bits per heavy atom. The van der Waals surface area contributed by atoms with E-state index in [1.807, 2.05) is 0 Å². The van der Waals surface area contributed by atoms with E-state index in [0.717, 1.165) is 12.8 Å². The van der Waals surface area contributed by atoms with Crippen LogP contribution in [0.25, 0.3) is 0 Å². The lowest BCUT2D eigenvalue weighted by Gasteiger charge is -2.06. The Labute approximate surface area is 149 Å². The molecule has 0 bridgehead atoms. The highest BCUT2D eigenvalue weighted by Gasteiger charge is 2.23. The van der Waals surface area contributed by atoms with Crippen LogP contribution in [0.1, 0.15) is 47.4 Å². The summed E-state index contributed by atoms with van der Waals surface area (Å²) in [5.41, 5.74) is -0.0543. The Balaban J connectivity index is 1.38. The van der Waals surface area contributed by atoms with Gasteiger partial charge >= 0.3 is 0 Å². The molecule has 0 radical (unpaired) electrons. The van der Waals surface area contributed by atoms with Crippen molar-refractivity contribution in [3.63, 3.8) is 0 Å². The summed E-state index contributed by atoms with van der Waals surface area (Å²) in [5, 5.41) is 8.94. The number of carbonyl (C=O) groups excluding carboxylic acids is 2. The maximum absolute atomic E-state index is 13.5. The van der Waals surface area contributed by atoms with Crippen LogP contribution in [0.15, 0.2) is 28.8 Å². The summed E-state index contributed by atoms with van der Waals surface area (Å²) in [6.07, 6.45) is 1.69. The molecule has 0 aliphatic carbocycles. The van der Waals surface area contributed by atoms with Crippen LogP contribution < -0.4 is 10.6 Å². The molecule has 2 heterocycles. The molecule has 1 aliphatic heterocycles. The Bertz CT molecular complexity index is 774. The van der Waals surface area contributed by atoms with E-state index in [-0.39, 0.29) is 37.1 Å². The third kappa shape index (κ3) is 4.63. The number of aromatic nitrogens is 2. The number of hydrogen-bond donors (Lipinski definition) is 2. The van der Waals surface area contributed by atoms with Crippen molar-refractivity contribution in [1.82, 2.24) is 20.8 Å². The van der Waals surface area contributed by atoms with Crippen molar-refractivity contribution in [2.24, 2.45) is 0 Å². The molecule has 1 aromatic heterocycles. The van der Waals surface area contributed by atoms with Gasteiger partial charge in [-0.3, -0.25) is 9.59 Å². The number of ether oxygens (including phenoxy) is 1. The molecule has 26 heavy (non-hydrogen) atoms. The van der Waals surface area contributed by atoms with Crippen molar-refractivity contribution < 1.29 is 23.2 Å². The van der Waals surface area contributed by atoms with Crippen LogP contribution in [-0.2, 0) is 16.1 Å². The largest absolute Gasteiger partial charge is 0.368 e. The number of halogens is 1. The van der Waals surface area contributed by atoms with E-state index < -0.39 is 11.7 Å². The molecule has 2 amide bonds. The average molecular weight is 362 g/mol. The third-order valence-corrected chi connectivity index (χ3v) is 3.89. The van der Waals surface area contributed by atoms with E-state index in [1.54, 1.807) is 6.07 Å². The second kappa shape index (κ2) is 8.52. The molecule has 138 valence electrons. The first-order chi connectivity index (χ1) is 12.6. The highest BCUT2D eigenvalue weighted by Crippen LogP contribution is 2.26. The van der Waals surface area contributed by atoms with Gasteiger partial charge in [-0.05, 0) is 25.0 Å². The molecular weight excluding hydrogens is 343 g/mol. The second-order valence-electron chi connectivity index (χ2n) is 5.81. The number of amides is 2. The fourth-order valence-electron chi connectivity index (χ4n) is 2.54. The maximum Gasteiger partial charge on any atom is 0.255 e. The molecule has 8 nitrogen and oxygen atoms in total. The Hall–Kier alpha value is -2.81. The van der Waals surface area contributed by atoms with Crippen LogP contribution in [0.3, 0.4) is 0 Å². The van der Waals surface area contributed by atoms with E-state index in [9.17, 15) is 14.0 Å². The minimum Gasteiger partial charge on any atom is -0.368 e. The first kappa shape index (κ1) is 18.0. The molecule has 2 N–H and O–H groups in total. The summed E-state index contributed by atoms with van der Waals surface area (Å²) >= 11 is 0. The molecule has 1 aliphatic rings. The summed E-state index contributed by atoms with van der Waals surface area (Å²) in [7, 11) is 0. The lowest BCUT2D eigenvalue weighted by Crippen LogP contribution is -2.31. The summed E-state index contributed by atoms with van der Waals surface area (Å²) in [6.45, 7) is 0.889. The first-order valence-electron chi connectivity index (χ1n) is 8.37. The summed E-state index contributed by atoms with van der Waals surface area (Å²) < 4.78 is 24.0. The standard InChI is InChI=1S/C17H19FN4O4/c18-12-5-2-1-4-11(12)16(24)19-8-7-15(23)20-10-14-21-17(26-22-14)13-6-3-9-25-13/h1-2,4-5,13H,3,6-10H2,(H,19,24)(H,20,23)/t13-/m1/s1. The first-order valence-corrected chi connectivity index (χ1v) is 8.37. The fraction of sp³-hybridized carbons (Fsp3) is 0.412. The van der Waals surface area contributed by atoms with Gasteiger partial charge in [0.15, 0.2) is 5.82 Å². The van der Waals surface area contributed by atoms with Gasteiger partial charge in [-0.2, -0.15) is 4.98 Å². The van der Waals surface area contributed by atoms with Crippen LogP contribution in [0.5, 0.6) is 0 Å². The van der Waals surface area contributed by atoms with Crippen molar-refractivity contribution in [1.29, 1.82) is 0 Å². The minimum absolute atomic E-state index is 0.0522. The van der Waals surface area contributed by atoms with Crippen molar-refractivity contribution in [2.75, 3.05) is 13.2 Å². The highest BCUT2D eigenvalue weighted by atomic mass is 19.1. The van der Waals surface area contributed by atoms with Gasteiger partial charge in [0.1, 0.15) is 11.9 Å². The molecular formula is C17H19FN4O4. The van der Waals surface area contributed by atoms with Gasteiger partial charge in [0, 0.05) is 19.6 Å². The van der Waals surface area contributed by atoms with Crippen LogP contribution in [0.4, 0.5) is 4.39 Å². The summed E-state index contributed by atoms with van der Waals surface area (Å²) in [4.78, 5) is 27.8. The lowest BCUT2D eigenvalue weighted by molar-refractivity contribution is -0.121. The lowest BCUT2D eigenvalue weighted by atomic mass is 10.2. The van der Waals surface area contributed by atoms with Gasteiger partial charge in [0.05, 0.1) is 12.1 Å². The van der Waals surface area contributed by atoms with Crippen LogP contribution >= 0.6 is 0 Å². The topological polar surface area (TPSA) is 106 Å². The quantitative estimate of drug-likeness (QED) is 0.773. The smallest absolute Gasteiger partial charge is 0.255 e. The van der Waals surface area contributed by atoms with Crippen molar-refractivity contribution in [3.05, 3.63) is 47.4 Å². The number of hydrogen-bond acceptors (Lipinski definition) is 6. The summed E-state index contributed by atoms with van der Waals surface area (Å²) in [5.74, 6) is -0.672. The van der Waals surface area contributed by atoms with Gasteiger partial charge in [-0.1, -0.05) is 17.3 Å². The van der Waals surface area contributed by atoms with E-state index in [4.69, 9.17) is 9.26 Å².